The molecule has 4 nitrogen and oxygen atoms in total. The third-order valence-electron chi connectivity index (χ3n) is 0. The summed E-state index contributed by atoms with van der Waals surface area (Å²) >= 11 is 3.47. The van der Waals surface area contributed by atoms with Gasteiger partial charge in [0.05, 0.1) is 0 Å². The van der Waals surface area contributed by atoms with Crippen LogP contribution >= 0.6 is 0 Å². The summed E-state index contributed by atoms with van der Waals surface area (Å²) in [7, 11) is -3.83. The maximum absolute atomic E-state index is 9.11. The molecule has 0 aliphatic rings. The van der Waals surface area contributed by atoms with E-state index in [4.69, 9.17) is 13.3 Å². The van der Waals surface area contributed by atoms with Crippen molar-refractivity contribution in [3.63, 3.8) is 0 Å². The second-order valence-electron chi connectivity index (χ2n) is 0.448. The van der Waals surface area contributed by atoms with Crippen LogP contribution in [0, 0.1) is 0 Å². The van der Waals surface area contributed by atoms with Gasteiger partial charge in [-0.2, -0.15) is 4.21 Å². The van der Waals surface area contributed by atoms with Crippen LogP contribution in [0.4, 0.5) is 0 Å². The third-order valence-corrected chi connectivity index (χ3v) is 0. The normalized spacial score (nSPS) is 8.29. The predicted octanol–water partition coefficient (Wildman–Crippen LogP) is -1.53. The van der Waals surface area contributed by atoms with Crippen molar-refractivity contribution in [2.24, 2.45) is 0 Å². The Morgan fingerprint density at radius 3 is 1.43 bits per heavy atom. The van der Waals surface area contributed by atoms with E-state index in [-0.39, 0.29) is 54.4 Å². The summed E-state index contributed by atoms with van der Waals surface area (Å²) in [6.07, 6.45) is 0. The second kappa shape index (κ2) is 5.95. The molecule has 0 saturated carbocycles. The van der Waals surface area contributed by atoms with Crippen LogP contribution in [0.2, 0.25) is 0 Å². The van der Waals surface area contributed by atoms with E-state index < -0.39 is 9.05 Å². The molecule has 0 aliphatic heterocycles. The summed E-state index contributed by atoms with van der Waals surface area (Å²) in [6.45, 7) is 0. The first-order chi connectivity index (χ1) is 2.00. The number of hydrogen-bond acceptors (Lipinski definition) is 2. The van der Waals surface area contributed by atoms with Gasteiger partial charge >= 0.3 is 0 Å². The molecule has 42 valence electrons. The van der Waals surface area contributed by atoms with Gasteiger partial charge < -0.3 is 5.48 Å². The van der Waals surface area contributed by atoms with Crippen molar-refractivity contribution in [3.8, 4) is 0 Å². The molecular formula is H4BaO4S2. The van der Waals surface area contributed by atoms with E-state index in [1.807, 2.05) is 0 Å². The van der Waals surface area contributed by atoms with Gasteiger partial charge in [0.15, 0.2) is 0 Å². The molecule has 0 aromatic heterocycles. The molecule has 0 rings (SSSR count). The minimum absolute atomic E-state index is 0. The van der Waals surface area contributed by atoms with Crippen LogP contribution in [-0.4, -0.2) is 67.7 Å². The van der Waals surface area contributed by atoms with Crippen LogP contribution in [0.5, 0.6) is 0 Å². The Kier molecular flexibility index (Phi) is 13.5. The Morgan fingerprint density at radius 2 is 1.43 bits per heavy atom. The number of hydrogen-bond donors (Lipinski definition) is 2. The van der Waals surface area contributed by atoms with E-state index in [1.165, 1.54) is 0 Å². The molecule has 7 heteroatoms. The van der Waals surface area contributed by atoms with Gasteiger partial charge in [0.1, 0.15) is 0 Å². The summed E-state index contributed by atoms with van der Waals surface area (Å²) in [5, 5.41) is 0. The molecule has 0 unspecified atom stereocenters. The molecule has 0 aromatic carbocycles. The fourth-order valence-corrected chi connectivity index (χ4v) is 0. The Morgan fingerprint density at radius 1 is 1.43 bits per heavy atom. The molecule has 0 bridgehead atoms. The van der Waals surface area contributed by atoms with Crippen molar-refractivity contribution < 1.29 is 18.8 Å². The molecule has 7 heavy (non-hydrogen) atoms. The fourth-order valence-electron chi connectivity index (χ4n) is 0. The molecule has 0 fully saturated rings. The first-order valence-corrected chi connectivity index (χ1v) is 3.10. The predicted molar refractivity (Wildman–Crippen MR) is 30.1 cm³/mol. The monoisotopic (exact) mass is 270 g/mol. The van der Waals surface area contributed by atoms with Crippen LogP contribution in [-0.2, 0) is 20.2 Å². The van der Waals surface area contributed by atoms with E-state index in [1.54, 1.807) is 0 Å². The van der Waals surface area contributed by atoms with Gasteiger partial charge in [0.25, 0.3) is 9.05 Å². The summed E-state index contributed by atoms with van der Waals surface area (Å²) in [5.74, 6) is 0. The topological polar surface area (TPSA) is 89.0 Å². The van der Waals surface area contributed by atoms with Gasteiger partial charge in [0.2, 0.25) is 0 Å². The summed E-state index contributed by atoms with van der Waals surface area (Å²) in [6, 6.07) is 0. The van der Waals surface area contributed by atoms with E-state index in [0.29, 0.717) is 0 Å². The van der Waals surface area contributed by atoms with Gasteiger partial charge in [-0.1, -0.05) is 0 Å². The zero-order chi connectivity index (χ0) is 4.50. The molecule has 0 spiro atoms. The Bertz CT molecular complexity index is 92.9. The van der Waals surface area contributed by atoms with E-state index in [9.17, 15) is 0 Å². The summed E-state index contributed by atoms with van der Waals surface area (Å²) < 4.78 is 24.0. The number of rotatable bonds is 0. The molecule has 4 N–H and O–H groups in total. The van der Waals surface area contributed by atoms with Crippen LogP contribution in [0.25, 0.3) is 0 Å². The van der Waals surface area contributed by atoms with Crippen LogP contribution in [0.1, 0.15) is 0 Å². The van der Waals surface area contributed by atoms with Crippen molar-refractivity contribution >= 4 is 69.1 Å². The minimum Gasteiger partial charge on any atom is -0.412 e. The maximum Gasteiger partial charge on any atom is 0.263 e. The smallest absolute Gasteiger partial charge is 0.263 e. The molecule has 0 atom stereocenters. The Labute approximate surface area is 86.4 Å². The van der Waals surface area contributed by atoms with Gasteiger partial charge in [0, 0.05) is 60.1 Å². The third kappa shape index (κ3) is 79.9. The molecule has 0 saturated heterocycles. The standard InChI is InChI=1S/Ba.H2O3S2.H2O/c;1-5(2,3)4;/h;(H2,1,2,3,4);1H2. The van der Waals surface area contributed by atoms with Crippen LogP contribution < -0.4 is 0 Å². The molecule has 0 aromatic rings. The van der Waals surface area contributed by atoms with Crippen molar-refractivity contribution in [1.29, 1.82) is 0 Å². The van der Waals surface area contributed by atoms with Crippen LogP contribution in [0.15, 0.2) is 0 Å². The van der Waals surface area contributed by atoms with Crippen molar-refractivity contribution in [2.75, 3.05) is 0 Å². The van der Waals surface area contributed by atoms with Gasteiger partial charge in [-0.05, 0) is 0 Å². The SMILES string of the molecule is O.O=S(O)(O)=S.[Ba]. The zero-order valence-electron chi connectivity index (χ0n) is 3.33. The fraction of sp³-hybridized carbons (Fsp3) is 0. The molecule has 0 heterocycles. The Balaban J connectivity index is -0.0000000800. The zero-order valence-corrected chi connectivity index (χ0v) is 9.40. The second-order valence-corrected chi connectivity index (χ2v) is 2.65. The van der Waals surface area contributed by atoms with Gasteiger partial charge in [-0.3, -0.25) is 9.11 Å². The average molecular weight is 269 g/mol. The van der Waals surface area contributed by atoms with Crippen LogP contribution in [0.3, 0.4) is 0 Å². The largest absolute Gasteiger partial charge is 0.412 e. The van der Waals surface area contributed by atoms with E-state index in [2.05, 4.69) is 11.2 Å². The molecule has 0 aliphatic carbocycles. The molecular weight excluding hydrogens is 265 g/mol. The average Bonchev–Trinajstić information content (AvgIpc) is 0.722. The van der Waals surface area contributed by atoms with Crippen molar-refractivity contribution in [1.82, 2.24) is 0 Å². The van der Waals surface area contributed by atoms with E-state index in [0.717, 1.165) is 0 Å². The molecule has 2 radical (unpaired) electrons. The minimum atomic E-state index is -3.83. The quantitative estimate of drug-likeness (QED) is 0.522. The molecule has 0 amide bonds. The summed E-state index contributed by atoms with van der Waals surface area (Å²) in [4.78, 5) is 0. The first kappa shape index (κ1) is 15.9. The first-order valence-electron chi connectivity index (χ1n) is 0.698. The van der Waals surface area contributed by atoms with Gasteiger partial charge in [-0.15, -0.1) is 0 Å². The summed E-state index contributed by atoms with van der Waals surface area (Å²) in [5.41, 5.74) is 0. The Hall–Kier alpha value is 1.82. The maximum atomic E-state index is 9.11. The van der Waals surface area contributed by atoms with Gasteiger partial charge in [-0.25, -0.2) is 0 Å². The van der Waals surface area contributed by atoms with E-state index >= 15 is 0 Å². The van der Waals surface area contributed by atoms with Crippen molar-refractivity contribution in [2.45, 2.75) is 0 Å². The van der Waals surface area contributed by atoms with Crippen molar-refractivity contribution in [3.05, 3.63) is 0 Å².